The first-order valence-corrected chi connectivity index (χ1v) is 16.5. The van der Waals surface area contributed by atoms with Crippen molar-refractivity contribution in [3.05, 3.63) is 36.2 Å². The largest absolute Gasteiger partial charge is 0.497 e. The molecule has 45 heavy (non-hydrogen) atoms. The third-order valence-electron chi connectivity index (χ3n) is 7.02. The van der Waals surface area contributed by atoms with Crippen molar-refractivity contribution in [3.63, 3.8) is 0 Å². The number of nitrogens with two attached hydrogens (primary N) is 1. The highest BCUT2D eigenvalue weighted by atomic mass is 32.2. The van der Waals surface area contributed by atoms with E-state index >= 15 is 0 Å². The number of sulfonamides is 1. The van der Waals surface area contributed by atoms with Crippen LogP contribution < -0.4 is 16.0 Å². The molecule has 15 nitrogen and oxygen atoms in total. The van der Waals surface area contributed by atoms with Crippen molar-refractivity contribution in [3.8, 4) is 5.75 Å². The first kappa shape index (κ1) is 38.0. The number of carbonyl (C=O) groups is 2. The highest BCUT2D eigenvalue weighted by Gasteiger charge is 2.38. The van der Waals surface area contributed by atoms with Crippen LogP contribution in [0.1, 0.15) is 52.1 Å². The summed E-state index contributed by atoms with van der Waals surface area (Å²) in [7, 11) is -2.73. The summed E-state index contributed by atoms with van der Waals surface area (Å²) in [5.74, 6) is -1.31. The smallest absolute Gasteiger partial charge is 0.262 e. The molecule has 2 amide bonds. The van der Waals surface area contributed by atoms with Gasteiger partial charge in [-0.05, 0) is 43.0 Å². The molecule has 4 N–H and O–H groups in total. The number of carbonyl (C=O) groups excluding carboxylic acids is 2. The normalized spacial score (nSPS) is 13.2. The van der Waals surface area contributed by atoms with Gasteiger partial charge in [0.15, 0.2) is 0 Å². The van der Waals surface area contributed by atoms with E-state index in [0.717, 1.165) is 23.6 Å². The average Bonchev–Trinajstić information content (AvgIpc) is 3.47. The molecule has 2 rings (SSSR count). The molecular weight excluding hydrogens is 608 g/mol. The number of amides is 2. The van der Waals surface area contributed by atoms with Crippen molar-refractivity contribution in [1.29, 1.82) is 0 Å². The van der Waals surface area contributed by atoms with E-state index in [-0.39, 0.29) is 23.3 Å². The van der Waals surface area contributed by atoms with Crippen molar-refractivity contribution in [2.24, 2.45) is 17.6 Å². The van der Waals surface area contributed by atoms with Crippen LogP contribution in [-0.2, 0) is 46.9 Å². The van der Waals surface area contributed by atoms with Gasteiger partial charge in [-0.3, -0.25) is 14.8 Å². The maximum Gasteiger partial charge on any atom is 0.262 e. The molecule has 0 bridgehead atoms. The van der Waals surface area contributed by atoms with Crippen LogP contribution in [0.15, 0.2) is 35.4 Å². The average molecular weight is 657 g/mol. The van der Waals surface area contributed by atoms with E-state index in [4.69, 9.17) is 24.7 Å². The Kier molecular flexibility index (Phi) is 17.0. The number of nitrogens with one attached hydrogen (secondary N) is 1. The minimum atomic E-state index is -4.20. The Morgan fingerprint density at radius 2 is 1.64 bits per heavy atom. The second-order valence-corrected chi connectivity index (χ2v) is 12.6. The molecule has 0 saturated heterocycles. The quantitative estimate of drug-likeness (QED) is 0.0845. The third-order valence-corrected chi connectivity index (χ3v) is 8.86. The number of nitrogens with zero attached hydrogens (tertiary/aromatic N) is 4. The number of hydrogen-bond donors (Lipinski definition) is 3. The van der Waals surface area contributed by atoms with Gasteiger partial charge < -0.3 is 24.7 Å². The van der Waals surface area contributed by atoms with Gasteiger partial charge in [0.2, 0.25) is 15.9 Å². The van der Waals surface area contributed by atoms with Crippen LogP contribution in [0.3, 0.4) is 0 Å². The highest BCUT2D eigenvalue weighted by molar-refractivity contribution is 7.89. The van der Waals surface area contributed by atoms with Gasteiger partial charge in [0.05, 0.1) is 63.8 Å². The van der Waals surface area contributed by atoms with Gasteiger partial charge in [-0.25, -0.2) is 18.6 Å². The third kappa shape index (κ3) is 12.6. The van der Waals surface area contributed by atoms with Crippen LogP contribution in [0.5, 0.6) is 5.75 Å². The Morgan fingerprint density at radius 1 is 1.02 bits per heavy atom. The number of unbranched alkanes of at least 4 members (excludes halogenated alkanes) is 1. The number of ether oxygens (including phenoxy) is 4. The van der Waals surface area contributed by atoms with Crippen molar-refractivity contribution in [2.45, 2.75) is 70.5 Å². The lowest BCUT2D eigenvalue weighted by molar-refractivity contribution is -0.134. The number of methoxy groups -OCH3 is 1. The van der Waals surface area contributed by atoms with Gasteiger partial charge in [-0.15, -0.1) is 5.10 Å². The maximum atomic E-state index is 13.7. The Bertz CT molecular complexity index is 1260. The summed E-state index contributed by atoms with van der Waals surface area (Å²) < 4.78 is 51.6. The number of hydrogen-bond acceptors (Lipinski definition) is 11. The lowest BCUT2D eigenvalue weighted by Crippen LogP contribution is -2.51. The second kappa shape index (κ2) is 20.1. The van der Waals surface area contributed by atoms with Crippen molar-refractivity contribution in [2.75, 3.05) is 46.8 Å². The molecule has 1 unspecified atom stereocenters. The number of rotatable bonds is 24. The molecule has 1 aromatic carbocycles. The SMILES string of the molecule is CCCCC(CCOCCOCCOCCn1cc(CN([C@@H](C(=O)NO)C(C)C)S(=O)(=O)c2ccc(OC)cc2)nn1)C(N)=O. The Labute approximate surface area is 265 Å². The van der Waals surface area contributed by atoms with Crippen molar-refractivity contribution >= 4 is 21.8 Å². The predicted octanol–water partition coefficient (Wildman–Crippen LogP) is 1.74. The van der Waals surface area contributed by atoms with E-state index in [1.807, 2.05) is 0 Å². The summed E-state index contributed by atoms with van der Waals surface area (Å²) in [5, 5.41) is 17.5. The van der Waals surface area contributed by atoms with Crippen LogP contribution in [0.2, 0.25) is 0 Å². The maximum absolute atomic E-state index is 13.7. The fraction of sp³-hybridized carbons (Fsp3) is 0.655. The summed E-state index contributed by atoms with van der Waals surface area (Å²) in [6.07, 6.45) is 4.95. The second-order valence-electron chi connectivity index (χ2n) is 10.7. The van der Waals surface area contributed by atoms with Crippen LogP contribution in [0.4, 0.5) is 0 Å². The summed E-state index contributed by atoms with van der Waals surface area (Å²) in [4.78, 5) is 24.0. The molecule has 2 atom stereocenters. The Hall–Kier alpha value is -3.15. The monoisotopic (exact) mass is 656 g/mol. The van der Waals surface area contributed by atoms with Gasteiger partial charge in [0, 0.05) is 18.7 Å². The molecule has 0 aliphatic carbocycles. The molecule has 0 radical (unpaired) electrons. The lowest BCUT2D eigenvalue weighted by Gasteiger charge is -2.31. The van der Waals surface area contributed by atoms with Gasteiger partial charge in [0.25, 0.3) is 5.91 Å². The fourth-order valence-electron chi connectivity index (χ4n) is 4.53. The molecule has 2 aromatic rings. The van der Waals surface area contributed by atoms with Crippen LogP contribution >= 0.6 is 0 Å². The topological polar surface area (TPSA) is 197 Å². The van der Waals surface area contributed by atoms with E-state index in [1.165, 1.54) is 36.1 Å². The van der Waals surface area contributed by atoms with Gasteiger partial charge in [-0.2, -0.15) is 4.31 Å². The van der Waals surface area contributed by atoms with Crippen molar-refractivity contribution in [1.82, 2.24) is 24.8 Å². The summed E-state index contributed by atoms with van der Waals surface area (Å²) in [6, 6.07) is 4.57. The van der Waals surface area contributed by atoms with Crippen LogP contribution in [0.25, 0.3) is 0 Å². The van der Waals surface area contributed by atoms with Crippen LogP contribution in [0, 0.1) is 11.8 Å². The molecule has 1 heterocycles. The Balaban J connectivity index is 1.83. The number of hydroxylamine groups is 1. The van der Waals surface area contributed by atoms with E-state index in [0.29, 0.717) is 64.1 Å². The van der Waals surface area contributed by atoms with E-state index in [1.54, 1.807) is 25.5 Å². The van der Waals surface area contributed by atoms with Gasteiger partial charge >= 0.3 is 0 Å². The molecule has 0 aliphatic rings. The molecule has 16 heteroatoms. The van der Waals surface area contributed by atoms with Gasteiger partial charge in [0.1, 0.15) is 11.8 Å². The summed E-state index contributed by atoms with van der Waals surface area (Å²) >= 11 is 0. The minimum absolute atomic E-state index is 0.0478. The fourth-order valence-corrected chi connectivity index (χ4v) is 6.22. The number of aromatic nitrogens is 3. The summed E-state index contributed by atoms with van der Waals surface area (Å²) in [6.45, 7) is 7.81. The standard InChI is InChI=1S/C29H48N6O9S/c1-5-6-7-23(28(30)36)12-14-42-16-18-44-19-17-43-15-13-34-20-24(31-33-34)21-35(27(22(2)3)29(37)32-38)45(39,40)26-10-8-25(41-4)9-11-26/h8-11,20,22-23,27,38H,5-7,12-19,21H2,1-4H3,(H2,30,36)(H,32,37)/t23?,27-/m1/s1. The number of benzene rings is 1. The molecule has 0 spiro atoms. The molecule has 0 fully saturated rings. The zero-order chi connectivity index (χ0) is 33.2. The summed E-state index contributed by atoms with van der Waals surface area (Å²) in [5.41, 5.74) is 7.33. The first-order valence-electron chi connectivity index (χ1n) is 15.1. The first-order chi connectivity index (χ1) is 21.5. The Morgan fingerprint density at radius 3 is 2.20 bits per heavy atom. The minimum Gasteiger partial charge on any atom is -0.497 e. The zero-order valence-electron chi connectivity index (χ0n) is 26.6. The predicted molar refractivity (Wildman–Crippen MR) is 164 cm³/mol. The molecule has 1 aromatic heterocycles. The van der Waals surface area contributed by atoms with E-state index in [2.05, 4.69) is 17.2 Å². The molecule has 0 aliphatic heterocycles. The van der Waals surface area contributed by atoms with Crippen LogP contribution in [-0.4, -0.2) is 97.5 Å². The zero-order valence-corrected chi connectivity index (χ0v) is 27.4. The van der Waals surface area contributed by atoms with Crippen molar-refractivity contribution < 1.29 is 42.2 Å². The van der Waals surface area contributed by atoms with E-state index in [9.17, 15) is 23.2 Å². The molecule has 0 saturated carbocycles. The van der Waals surface area contributed by atoms with E-state index < -0.39 is 27.9 Å². The lowest BCUT2D eigenvalue weighted by atomic mass is 9.98. The van der Waals surface area contributed by atoms with Gasteiger partial charge in [-0.1, -0.05) is 38.8 Å². The highest BCUT2D eigenvalue weighted by Crippen LogP contribution is 2.26. The molecular formula is C29H48N6O9S. The molecule has 254 valence electrons. The number of primary amides is 1.